The van der Waals surface area contributed by atoms with Crippen LogP contribution in [-0.2, 0) is 14.3 Å². The van der Waals surface area contributed by atoms with E-state index >= 15 is 0 Å². The summed E-state index contributed by atoms with van der Waals surface area (Å²) in [4.78, 5) is 35.5. The van der Waals surface area contributed by atoms with E-state index in [0.29, 0.717) is 17.1 Å². The van der Waals surface area contributed by atoms with Crippen LogP contribution in [0.15, 0.2) is 57.9 Å². The van der Waals surface area contributed by atoms with Crippen molar-refractivity contribution in [3.63, 3.8) is 0 Å². The number of hydrogen-bond donors (Lipinski definition) is 0. The Kier molecular flexibility index (Phi) is 6.13. The molecule has 0 N–H and O–H groups in total. The van der Waals surface area contributed by atoms with Crippen LogP contribution < -0.4 is 14.9 Å². The maximum absolute atomic E-state index is 12.6. The number of ether oxygens (including phenoxy) is 4. The minimum absolute atomic E-state index is 0.00962. The predicted molar refractivity (Wildman–Crippen MR) is 102 cm³/mol. The van der Waals surface area contributed by atoms with Crippen molar-refractivity contribution in [2.24, 2.45) is 0 Å². The van der Waals surface area contributed by atoms with Gasteiger partial charge in [-0.15, -0.1) is 0 Å². The summed E-state index contributed by atoms with van der Waals surface area (Å²) in [5.74, 6) is -0.250. The third-order valence-corrected chi connectivity index (χ3v) is 3.89. The fraction of sp³-hybridized carbons (Fsp3) is 0.190. The van der Waals surface area contributed by atoms with Crippen molar-refractivity contribution in [1.82, 2.24) is 0 Å². The molecule has 1 heterocycles. The molecule has 0 unspecified atom stereocenters. The normalized spacial score (nSPS) is 10.4. The number of carbonyl (C=O) groups excluding carboxylic acids is 2. The monoisotopic (exact) mass is 398 g/mol. The van der Waals surface area contributed by atoms with Crippen LogP contribution in [0.5, 0.6) is 17.2 Å². The van der Waals surface area contributed by atoms with Gasteiger partial charge in [0, 0.05) is 6.07 Å². The van der Waals surface area contributed by atoms with Crippen molar-refractivity contribution in [2.75, 3.05) is 20.3 Å². The summed E-state index contributed by atoms with van der Waals surface area (Å²) in [6.07, 6.45) is 1.19. The van der Waals surface area contributed by atoms with E-state index in [-0.39, 0.29) is 35.4 Å². The SMILES string of the molecule is CCOC(=O)c1ccc(Oc2coc3cc(OCC(=O)OC)ccc3c2=O)cc1. The molecule has 8 heteroatoms. The van der Waals surface area contributed by atoms with E-state index in [2.05, 4.69) is 4.74 Å². The van der Waals surface area contributed by atoms with Gasteiger partial charge in [0.15, 0.2) is 6.61 Å². The van der Waals surface area contributed by atoms with Crippen LogP contribution in [0.25, 0.3) is 11.0 Å². The Labute approximate surface area is 165 Å². The molecule has 0 saturated heterocycles. The molecule has 0 radical (unpaired) electrons. The molecule has 0 bridgehead atoms. The molecule has 29 heavy (non-hydrogen) atoms. The zero-order valence-electron chi connectivity index (χ0n) is 15.8. The molecule has 150 valence electrons. The summed E-state index contributed by atoms with van der Waals surface area (Å²) in [7, 11) is 1.26. The molecule has 0 atom stereocenters. The molecule has 0 amide bonds. The lowest BCUT2D eigenvalue weighted by Crippen LogP contribution is -2.12. The average molecular weight is 398 g/mol. The summed E-state index contributed by atoms with van der Waals surface area (Å²) >= 11 is 0. The van der Waals surface area contributed by atoms with Crippen LogP contribution in [0.1, 0.15) is 17.3 Å². The number of benzene rings is 2. The fourth-order valence-electron chi connectivity index (χ4n) is 2.45. The van der Waals surface area contributed by atoms with Crippen LogP contribution in [0.3, 0.4) is 0 Å². The van der Waals surface area contributed by atoms with Crippen molar-refractivity contribution < 1.29 is 33.0 Å². The maximum Gasteiger partial charge on any atom is 0.343 e. The van der Waals surface area contributed by atoms with Crippen molar-refractivity contribution in [3.8, 4) is 17.2 Å². The van der Waals surface area contributed by atoms with Crippen LogP contribution in [0, 0.1) is 0 Å². The highest BCUT2D eigenvalue weighted by Gasteiger charge is 2.12. The third-order valence-electron chi connectivity index (χ3n) is 3.89. The lowest BCUT2D eigenvalue weighted by molar-refractivity contribution is -0.142. The number of fused-ring (bicyclic) bond motifs is 1. The Bertz CT molecular complexity index is 1080. The highest BCUT2D eigenvalue weighted by atomic mass is 16.6. The molecular weight excluding hydrogens is 380 g/mol. The van der Waals surface area contributed by atoms with Gasteiger partial charge in [0.05, 0.1) is 24.7 Å². The first-order valence-electron chi connectivity index (χ1n) is 8.72. The Morgan fingerprint density at radius 1 is 1.03 bits per heavy atom. The Hall–Kier alpha value is -3.81. The van der Waals surface area contributed by atoms with Gasteiger partial charge in [-0.1, -0.05) is 0 Å². The van der Waals surface area contributed by atoms with E-state index in [9.17, 15) is 14.4 Å². The lowest BCUT2D eigenvalue weighted by Gasteiger charge is -2.08. The largest absolute Gasteiger partial charge is 0.482 e. The summed E-state index contributed by atoms with van der Waals surface area (Å²) in [6.45, 7) is 1.75. The van der Waals surface area contributed by atoms with Gasteiger partial charge in [0.25, 0.3) is 0 Å². The third kappa shape index (κ3) is 4.73. The first kappa shape index (κ1) is 19.9. The smallest absolute Gasteiger partial charge is 0.343 e. The van der Waals surface area contributed by atoms with Crippen molar-refractivity contribution in [3.05, 3.63) is 64.5 Å². The second kappa shape index (κ2) is 8.92. The number of hydrogen-bond acceptors (Lipinski definition) is 8. The number of carbonyl (C=O) groups is 2. The van der Waals surface area contributed by atoms with Gasteiger partial charge >= 0.3 is 11.9 Å². The molecule has 0 aliphatic rings. The average Bonchev–Trinajstić information content (AvgIpc) is 2.74. The first-order chi connectivity index (χ1) is 14.0. The summed E-state index contributed by atoms with van der Waals surface area (Å²) in [6, 6.07) is 10.8. The zero-order chi connectivity index (χ0) is 20.8. The van der Waals surface area contributed by atoms with Crippen molar-refractivity contribution in [1.29, 1.82) is 0 Å². The molecule has 2 aromatic carbocycles. The number of esters is 2. The minimum atomic E-state index is -0.524. The van der Waals surface area contributed by atoms with Gasteiger partial charge in [-0.25, -0.2) is 9.59 Å². The van der Waals surface area contributed by atoms with E-state index < -0.39 is 11.9 Å². The Morgan fingerprint density at radius 3 is 2.45 bits per heavy atom. The van der Waals surface area contributed by atoms with Gasteiger partial charge in [-0.05, 0) is 43.3 Å². The van der Waals surface area contributed by atoms with Gasteiger partial charge in [0.1, 0.15) is 23.3 Å². The Balaban J connectivity index is 1.78. The molecule has 3 rings (SSSR count). The van der Waals surface area contributed by atoms with Crippen LogP contribution in [0.2, 0.25) is 0 Å². The van der Waals surface area contributed by atoms with E-state index in [1.54, 1.807) is 37.3 Å². The van der Waals surface area contributed by atoms with E-state index in [1.165, 1.54) is 25.5 Å². The molecular formula is C21H18O8. The predicted octanol–water partition coefficient (Wildman–Crippen LogP) is 3.31. The van der Waals surface area contributed by atoms with Crippen LogP contribution in [-0.4, -0.2) is 32.3 Å². The highest BCUT2D eigenvalue weighted by Crippen LogP contribution is 2.24. The van der Waals surface area contributed by atoms with Crippen molar-refractivity contribution >= 4 is 22.9 Å². The number of methoxy groups -OCH3 is 1. The molecule has 0 aliphatic heterocycles. The van der Waals surface area contributed by atoms with Crippen LogP contribution in [0.4, 0.5) is 0 Å². The molecule has 0 fully saturated rings. The summed E-state index contributed by atoms with van der Waals surface area (Å²) in [5, 5.41) is 0.288. The quantitative estimate of drug-likeness (QED) is 0.559. The van der Waals surface area contributed by atoms with Gasteiger partial charge in [-0.3, -0.25) is 4.79 Å². The van der Waals surface area contributed by atoms with Gasteiger partial charge in [0.2, 0.25) is 11.2 Å². The van der Waals surface area contributed by atoms with E-state index in [1.807, 2.05) is 0 Å². The summed E-state index contributed by atoms with van der Waals surface area (Å²) < 4.78 is 25.8. The fourth-order valence-corrected chi connectivity index (χ4v) is 2.45. The second-order valence-electron chi connectivity index (χ2n) is 5.80. The van der Waals surface area contributed by atoms with E-state index in [4.69, 9.17) is 18.6 Å². The molecule has 0 spiro atoms. The molecule has 8 nitrogen and oxygen atoms in total. The van der Waals surface area contributed by atoms with Gasteiger partial charge in [-0.2, -0.15) is 0 Å². The molecule has 0 aliphatic carbocycles. The summed E-state index contributed by atoms with van der Waals surface area (Å²) in [5.41, 5.74) is 0.284. The van der Waals surface area contributed by atoms with E-state index in [0.717, 1.165) is 0 Å². The van der Waals surface area contributed by atoms with Gasteiger partial charge < -0.3 is 23.4 Å². The maximum atomic E-state index is 12.6. The lowest BCUT2D eigenvalue weighted by atomic mass is 10.2. The molecule has 3 aromatic rings. The first-order valence-corrected chi connectivity index (χ1v) is 8.72. The minimum Gasteiger partial charge on any atom is -0.482 e. The molecule has 0 saturated carbocycles. The highest BCUT2D eigenvalue weighted by molar-refractivity contribution is 5.89. The van der Waals surface area contributed by atoms with Crippen LogP contribution >= 0.6 is 0 Å². The Morgan fingerprint density at radius 2 is 1.76 bits per heavy atom. The van der Waals surface area contributed by atoms with Crippen molar-refractivity contribution in [2.45, 2.75) is 6.92 Å². The molecule has 1 aromatic heterocycles. The number of rotatable bonds is 7. The topological polar surface area (TPSA) is 101 Å². The zero-order valence-corrected chi connectivity index (χ0v) is 15.8. The standard InChI is InChI=1S/C21H18O8/c1-3-26-21(24)13-4-6-14(7-5-13)29-18-11-28-17-10-15(27-12-19(22)25-2)8-9-16(17)20(18)23/h4-11H,3,12H2,1-2H3. The second-order valence-corrected chi connectivity index (χ2v) is 5.80.